The molecule has 7 heteroatoms. The molecule has 3 rings (SSSR count). The molecule has 1 N–H and O–H groups in total. The number of aromatic hydroxyl groups is 1. The number of phenols is 1. The fourth-order valence-corrected chi connectivity index (χ4v) is 3.59. The van der Waals surface area contributed by atoms with Crippen molar-refractivity contribution in [1.29, 1.82) is 0 Å². The van der Waals surface area contributed by atoms with E-state index in [1.165, 1.54) is 13.0 Å². The molecule has 1 aliphatic rings. The van der Waals surface area contributed by atoms with Gasteiger partial charge in [0.25, 0.3) is 0 Å². The van der Waals surface area contributed by atoms with E-state index in [4.69, 9.17) is 13.9 Å². The number of phenolic OH excluding ortho intramolecular Hbond substituents is 1. The summed E-state index contributed by atoms with van der Waals surface area (Å²) >= 11 is 0. The Kier molecular flexibility index (Phi) is 5.50. The van der Waals surface area contributed by atoms with Crippen LogP contribution in [0.2, 0.25) is 0 Å². The van der Waals surface area contributed by atoms with Gasteiger partial charge >= 0.3 is 11.6 Å². The first-order valence-electron chi connectivity index (χ1n) is 9.93. The highest BCUT2D eigenvalue weighted by molar-refractivity contribution is 6.13. The topological polar surface area (TPSA) is 103 Å². The van der Waals surface area contributed by atoms with Crippen molar-refractivity contribution in [2.24, 2.45) is 5.92 Å². The number of rotatable bonds is 5. The summed E-state index contributed by atoms with van der Waals surface area (Å²) in [5, 5.41) is 11.3. The summed E-state index contributed by atoms with van der Waals surface area (Å²) in [4.78, 5) is 37.0. The van der Waals surface area contributed by atoms with E-state index < -0.39 is 29.2 Å². The third-order valence-electron chi connectivity index (χ3n) is 5.00. The normalized spacial score (nSPS) is 15.6. The highest BCUT2D eigenvalue weighted by Gasteiger charge is 2.34. The Hall–Kier alpha value is -3.09. The van der Waals surface area contributed by atoms with Crippen LogP contribution in [-0.4, -0.2) is 22.5 Å². The number of esters is 1. The lowest BCUT2D eigenvalue weighted by atomic mass is 9.89. The molecule has 0 radical (unpaired) electrons. The van der Waals surface area contributed by atoms with Crippen molar-refractivity contribution in [3.8, 4) is 11.5 Å². The van der Waals surface area contributed by atoms with Crippen LogP contribution in [-0.2, 0) is 9.53 Å². The third-order valence-corrected chi connectivity index (χ3v) is 5.00. The molecule has 1 aliphatic heterocycles. The molecule has 0 amide bonds. The number of Topliss-reactive ketones (excluding diaryl/α,β-unsaturated/α-hetero) is 1. The summed E-state index contributed by atoms with van der Waals surface area (Å²) < 4.78 is 17.0. The van der Waals surface area contributed by atoms with Crippen molar-refractivity contribution in [2.45, 2.75) is 59.7 Å². The van der Waals surface area contributed by atoms with E-state index in [0.717, 1.165) is 0 Å². The summed E-state index contributed by atoms with van der Waals surface area (Å²) in [7, 11) is 0. The lowest BCUT2D eigenvalue weighted by Crippen LogP contribution is -2.28. The van der Waals surface area contributed by atoms with Gasteiger partial charge in [0.1, 0.15) is 28.8 Å². The predicted octanol–water partition coefficient (Wildman–Crippen LogP) is 4.54. The number of carbonyl (C=O) groups is 2. The molecule has 7 nitrogen and oxygen atoms in total. The van der Waals surface area contributed by atoms with Gasteiger partial charge in [-0.15, -0.1) is 0 Å². The van der Waals surface area contributed by atoms with Gasteiger partial charge in [-0.05, 0) is 32.4 Å². The van der Waals surface area contributed by atoms with Crippen LogP contribution in [0.15, 0.2) is 21.4 Å². The molecule has 0 saturated heterocycles. The standard InChI is InChI=1S/C23H26O7/c1-7-15(28-12(4)24)14-10-16(25)29-22-17(14)21-13(8-9-23(5,6)30-21)20(27)18(22)19(26)11(2)3/h8-11,15,27H,7H2,1-6H3. The molecule has 0 bridgehead atoms. The monoisotopic (exact) mass is 414 g/mol. The van der Waals surface area contributed by atoms with Crippen LogP contribution in [0.5, 0.6) is 11.5 Å². The van der Waals surface area contributed by atoms with Crippen molar-refractivity contribution in [3.63, 3.8) is 0 Å². The fraction of sp³-hybridized carbons (Fsp3) is 0.435. The Balaban J connectivity index is 2.52. The molecule has 2 aromatic rings. The predicted molar refractivity (Wildman–Crippen MR) is 112 cm³/mol. The molecule has 0 spiro atoms. The number of hydrogen-bond donors (Lipinski definition) is 1. The number of ether oxygens (including phenoxy) is 2. The highest BCUT2D eigenvalue weighted by Crippen LogP contribution is 2.48. The summed E-state index contributed by atoms with van der Waals surface area (Å²) in [6.45, 7) is 10.2. The van der Waals surface area contributed by atoms with Crippen LogP contribution in [0.3, 0.4) is 0 Å². The zero-order valence-electron chi connectivity index (χ0n) is 18.0. The second-order valence-electron chi connectivity index (χ2n) is 8.26. The molecule has 0 aliphatic carbocycles. The quantitative estimate of drug-likeness (QED) is 0.435. The number of hydrogen-bond acceptors (Lipinski definition) is 7. The van der Waals surface area contributed by atoms with Gasteiger partial charge in [0.05, 0.1) is 10.9 Å². The maximum atomic E-state index is 13.0. The Morgan fingerprint density at radius 1 is 1.27 bits per heavy atom. The smallest absolute Gasteiger partial charge is 0.336 e. The molecule has 1 unspecified atom stereocenters. The highest BCUT2D eigenvalue weighted by atomic mass is 16.5. The molecule has 30 heavy (non-hydrogen) atoms. The van der Waals surface area contributed by atoms with Crippen LogP contribution in [0.25, 0.3) is 17.0 Å². The molecule has 2 heterocycles. The SMILES string of the molecule is CCC(OC(C)=O)c1cc(=O)oc2c(C(=O)C(C)C)c(O)c3c(c12)OC(C)(C)C=C3. The molecule has 0 saturated carbocycles. The van der Waals surface area contributed by atoms with Gasteiger partial charge in [0, 0.05) is 24.5 Å². The van der Waals surface area contributed by atoms with Gasteiger partial charge in [-0.2, -0.15) is 0 Å². The van der Waals surface area contributed by atoms with Crippen LogP contribution in [0, 0.1) is 5.92 Å². The van der Waals surface area contributed by atoms with E-state index in [1.54, 1.807) is 26.0 Å². The third kappa shape index (κ3) is 3.72. The minimum Gasteiger partial charge on any atom is -0.506 e. The van der Waals surface area contributed by atoms with E-state index in [-0.39, 0.29) is 28.4 Å². The molecule has 0 fully saturated rings. The maximum absolute atomic E-state index is 13.0. The lowest BCUT2D eigenvalue weighted by Gasteiger charge is -2.31. The van der Waals surface area contributed by atoms with E-state index in [9.17, 15) is 19.5 Å². The second-order valence-corrected chi connectivity index (χ2v) is 8.26. The molecule has 1 atom stereocenters. The Bertz CT molecular complexity index is 1120. The zero-order chi connectivity index (χ0) is 22.4. The van der Waals surface area contributed by atoms with Gasteiger partial charge < -0.3 is 19.0 Å². The fourth-order valence-electron chi connectivity index (χ4n) is 3.59. The molecule has 160 valence electrons. The summed E-state index contributed by atoms with van der Waals surface area (Å²) in [5.41, 5.74) is -0.872. The van der Waals surface area contributed by atoms with Crippen molar-refractivity contribution in [3.05, 3.63) is 39.3 Å². The first-order chi connectivity index (χ1) is 14.0. The summed E-state index contributed by atoms with van der Waals surface area (Å²) in [6, 6.07) is 1.25. The van der Waals surface area contributed by atoms with Crippen LogP contribution >= 0.6 is 0 Å². The van der Waals surface area contributed by atoms with Crippen LogP contribution in [0.1, 0.15) is 75.6 Å². The average molecular weight is 414 g/mol. The van der Waals surface area contributed by atoms with Gasteiger partial charge in [-0.3, -0.25) is 9.59 Å². The van der Waals surface area contributed by atoms with Gasteiger partial charge in [-0.1, -0.05) is 20.8 Å². The van der Waals surface area contributed by atoms with Crippen molar-refractivity contribution in [2.75, 3.05) is 0 Å². The van der Waals surface area contributed by atoms with E-state index in [2.05, 4.69) is 0 Å². The number of carbonyl (C=O) groups excluding carboxylic acids is 2. The molecule has 1 aromatic heterocycles. The van der Waals surface area contributed by atoms with Crippen LogP contribution in [0.4, 0.5) is 0 Å². The summed E-state index contributed by atoms with van der Waals surface area (Å²) in [6.07, 6.45) is 3.10. The van der Waals surface area contributed by atoms with E-state index >= 15 is 0 Å². The molecular weight excluding hydrogens is 388 g/mol. The number of ketones is 1. The Morgan fingerprint density at radius 3 is 2.50 bits per heavy atom. The van der Waals surface area contributed by atoms with Gasteiger partial charge in [0.15, 0.2) is 11.4 Å². The maximum Gasteiger partial charge on any atom is 0.336 e. The first kappa shape index (κ1) is 21.6. The zero-order valence-corrected chi connectivity index (χ0v) is 18.0. The second kappa shape index (κ2) is 7.63. The molecule has 1 aromatic carbocycles. The minimum absolute atomic E-state index is 0.0656. The molecular formula is C23H26O7. The largest absolute Gasteiger partial charge is 0.506 e. The van der Waals surface area contributed by atoms with Crippen molar-refractivity contribution >= 4 is 28.8 Å². The van der Waals surface area contributed by atoms with Crippen molar-refractivity contribution < 1.29 is 28.6 Å². The lowest BCUT2D eigenvalue weighted by molar-refractivity contribution is -0.146. The number of benzene rings is 1. The van der Waals surface area contributed by atoms with E-state index in [0.29, 0.717) is 22.9 Å². The van der Waals surface area contributed by atoms with E-state index in [1.807, 2.05) is 20.8 Å². The summed E-state index contributed by atoms with van der Waals surface area (Å²) in [5.74, 6) is -1.36. The minimum atomic E-state index is -0.748. The van der Waals surface area contributed by atoms with Gasteiger partial charge in [0.2, 0.25) is 0 Å². The average Bonchev–Trinajstić information content (AvgIpc) is 2.64. The first-order valence-corrected chi connectivity index (χ1v) is 9.93. The van der Waals surface area contributed by atoms with Crippen LogP contribution < -0.4 is 10.4 Å². The van der Waals surface area contributed by atoms with Crippen molar-refractivity contribution in [1.82, 2.24) is 0 Å². The Labute approximate surface area is 174 Å². The van der Waals surface area contributed by atoms with Gasteiger partial charge in [-0.25, -0.2) is 4.79 Å². The number of fused-ring (bicyclic) bond motifs is 3. The Morgan fingerprint density at radius 2 is 1.93 bits per heavy atom.